The third-order valence-corrected chi connectivity index (χ3v) is 4.97. The topological polar surface area (TPSA) is 24.5 Å². The molecule has 136 valence electrons. The summed E-state index contributed by atoms with van der Waals surface area (Å²) in [6.07, 6.45) is 0. The number of hydrogen-bond acceptors (Lipinski definition) is 3. The van der Waals surface area contributed by atoms with Crippen molar-refractivity contribution in [2.24, 2.45) is 0 Å². The van der Waals surface area contributed by atoms with Crippen LogP contribution in [0.3, 0.4) is 0 Å². The summed E-state index contributed by atoms with van der Waals surface area (Å²) in [7, 11) is 0. The van der Waals surface area contributed by atoms with Crippen molar-refractivity contribution in [1.29, 1.82) is 0 Å². The molecular formula is C21H29BrN2O. The molecule has 0 aliphatic carbocycles. The first-order valence-electron chi connectivity index (χ1n) is 9.02. The fourth-order valence-electron chi connectivity index (χ4n) is 2.75. The number of nitrogens with one attached hydrogen (secondary N) is 1. The standard InChI is InChI=1S/C21H29BrN2O/c1-4-24(5-2)13-12-23-15-19-14-20(22)10-11-21(19)25-16-18-9-7-6-8-17(18)3/h6-11,14,23H,4-5,12-13,15-16H2,1-3H3. The van der Waals surface area contributed by atoms with Crippen LogP contribution < -0.4 is 10.1 Å². The monoisotopic (exact) mass is 404 g/mol. The molecule has 1 N–H and O–H groups in total. The van der Waals surface area contributed by atoms with Gasteiger partial charge in [-0.25, -0.2) is 0 Å². The molecule has 0 unspecified atom stereocenters. The molecule has 0 saturated heterocycles. The first-order valence-corrected chi connectivity index (χ1v) is 9.82. The summed E-state index contributed by atoms with van der Waals surface area (Å²) in [5, 5.41) is 3.54. The minimum absolute atomic E-state index is 0.598. The normalized spacial score (nSPS) is 11.1. The summed E-state index contributed by atoms with van der Waals surface area (Å²) in [5.41, 5.74) is 3.67. The molecule has 2 rings (SSSR count). The molecule has 2 aromatic carbocycles. The Balaban J connectivity index is 1.94. The third-order valence-electron chi connectivity index (χ3n) is 4.48. The highest BCUT2D eigenvalue weighted by molar-refractivity contribution is 9.10. The second-order valence-corrected chi connectivity index (χ2v) is 7.09. The van der Waals surface area contributed by atoms with Gasteiger partial charge < -0.3 is 15.0 Å². The van der Waals surface area contributed by atoms with Gasteiger partial charge in [-0.05, 0) is 49.3 Å². The molecule has 0 aliphatic heterocycles. The number of benzene rings is 2. The second kappa shape index (κ2) is 10.6. The van der Waals surface area contributed by atoms with Gasteiger partial charge in [0.25, 0.3) is 0 Å². The van der Waals surface area contributed by atoms with E-state index >= 15 is 0 Å². The van der Waals surface area contributed by atoms with Gasteiger partial charge in [0, 0.05) is 29.7 Å². The van der Waals surface area contributed by atoms with E-state index < -0.39 is 0 Å². The number of likely N-dealkylation sites (N-methyl/N-ethyl adjacent to an activating group) is 1. The van der Waals surface area contributed by atoms with Crippen LogP contribution in [0.2, 0.25) is 0 Å². The van der Waals surface area contributed by atoms with Gasteiger partial charge in [-0.3, -0.25) is 0 Å². The lowest BCUT2D eigenvalue weighted by Crippen LogP contribution is -2.31. The van der Waals surface area contributed by atoms with E-state index in [4.69, 9.17) is 4.74 Å². The van der Waals surface area contributed by atoms with E-state index in [1.54, 1.807) is 0 Å². The molecule has 0 aliphatic rings. The Bertz CT molecular complexity index is 656. The van der Waals surface area contributed by atoms with Gasteiger partial charge in [0.05, 0.1) is 0 Å². The van der Waals surface area contributed by atoms with Crippen LogP contribution in [-0.2, 0) is 13.2 Å². The maximum absolute atomic E-state index is 6.11. The SMILES string of the molecule is CCN(CC)CCNCc1cc(Br)ccc1OCc1ccccc1C. The average molecular weight is 405 g/mol. The van der Waals surface area contributed by atoms with Crippen LogP contribution in [0.15, 0.2) is 46.9 Å². The van der Waals surface area contributed by atoms with Gasteiger partial charge in [0.15, 0.2) is 0 Å². The van der Waals surface area contributed by atoms with Crippen LogP contribution in [0, 0.1) is 6.92 Å². The number of rotatable bonds is 10. The maximum Gasteiger partial charge on any atom is 0.124 e. The Kier molecular flexibility index (Phi) is 8.45. The molecule has 0 aromatic heterocycles. The number of nitrogens with zero attached hydrogens (tertiary/aromatic N) is 1. The molecule has 25 heavy (non-hydrogen) atoms. The summed E-state index contributed by atoms with van der Waals surface area (Å²) in [6, 6.07) is 14.6. The van der Waals surface area contributed by atoms with Gasteiger partial charge in [0.1, 0.15) is 12.4 Å². The van der Waals surface area contributed by atoms with Crippen LogP contribution in [0.4, 0.5) is 0 Å². The highest BCUT2D eigenvalue weighted by Crippen LogP contribution is 2.24. The largest absolute Gasteiger partial charge is 0.489 e. The Hall–Kier alpha value is -1.36. The zero-order valence-electron chi connectivity index (χ0n) is 15.5. The van der Waals surface area contributed by atoms with Crippen molar-refractivity contribution in [2.45, 2.75) is 33.9 Å². The highest BCUT2D eigenvalue weighted by Gasteiger charge is 2.07. The van der Waals surface area contributed by atoms with E-state index in [-0.39, 0.29) is 0 Å². The molecule has 0 saturated carbocycles. The lowest BCUT2D eigenvalue weighted by atomic mass is 10.1. The Morgan fingerprint density at radius 3 is 2.52 bits per heavy atom. The number of halogens is 1. The smallest absolute Gasteiger partial charge is 0.124 e. The second-order valence-electron chi connectivity index (χ2n) is 6.17. The maximum atomic E-state index is 6.11. The van der Waals surface area contributed by atoms with E-state index in [9.17, 15) is 0 Å². The van der Waals surface area contributed by atoms with E-state index in [1.807, 2.05) is 12.1 Å². The fraction of sp³-hybridized carbons (Fsp3) is 0.429. The molecule has 0 atom stereocenters. The molecule has 0 bridgehead atoms. The lowest BCUT2D eigenvalue weighted by Gasteiger charge is -2.18. The third kappa shape index (κ3) is 6.46. The van der Waals surface area contributed by atoms with Crippen LogP contribution in [0.5, 0.6) is 5.75 Å². The van der Waals surface area contributed by atoms with E-state index in [0.717, 1.165) is 42.9 Å². The molecule has 0 radical (unpaired) electrons. The predicted octanol–water partition coefficient (Wildman–Crippen LogP) is 4.77. The summed E-state index contributed by atoms with van der Waals surface area (Å²) in [4.78, 5) is 2.42. The van der Waals surface area contributed by atoms with Gasteiger partial charge in [-0.1, -0.05) is 54.0 Å². The van der Waals surface area contributed by atoms with Gasteiger partial charge in [0.2, 0.25) is 0 Å². The van der Waals surface area contributed by atoms with Crippen molar-refractivity contribution in [3.63, 3.8) is 0 Å². The highest BCUT2D eigenvalue weighted by atomic mass is 79.9. The lowest BCUT2D eigenvalue weighted by molar-refractivity contribution is 0.295. The number of hydrogen-bond donors (Lipinski definition) is 1. The Morgan fingerprint density at radius 1 is 1.04 bits per heavy atom. The quantitative estimate of drug-likeness (QED) is 0.577. The first kappa shape index (κ1) is 20.0. The van der Waals surface area contributed by atoms with Crippen LogP contribution in [-0.4, -0.2) is 31.1 Å². The molecule has 0 amide bonds. The van der Waals surface area contributed by atoms with Crippen molar-refractivity contribution >= 4 is 15.9 Å². The van der Waals surface area contributed by atoms with Crippen LogP contribution in [0.1, 0.15) is 30.5 Å². The molecule has 0 spiro atoms. The summed E-state index contributed by atoms with van der Waals surface area (Å²) in [6.45, 7) is 12.2. The Morgan fingerprint density at radius 2 is 1.80 bits per heavy atom. The van der Waals surface area contributed by atoms with Gasteiger partial charge in [-0.15, -0.1) is 0 Å². The van der Waals surface area contributed by atoms with Gasteiger partial charge >= 0.3 is 0 Å². The molecule has 0 fully saturated rings. The van der Waals surface area contributed by atoms with E-state index in [1.165, 1.54) is 16.7 Å². The minimum atomic E-state index is 0.598. The predicted molar refractivity (Wildman–Crippen MR) is 109 cm³/mol. The Labute approximate surface area is 160 Å². The van der Waals surface area contributed by atoms with Gasteiger partial charge in [-0.2, -0.15) is 0 Å². The summed E-state index contributed by atoms with van der Waals surface area (Å²) >= 11 is 3.57. The van der Waals surface area contributed by atoms with Crippen LogP contribution in [0.25, 0.3) is 0 Å². The van der Waals surface area contributed by atoms with Crippen molar-refractivity contribution in [1.82, 2.24) is 10.2 Å². The van der Waals surface area contributed by atoms with Crippen molar-refractivity contribution < 1.29 is 4.74 Å². The molecule has 3 nitrogen and oxygen atoms in total. The van der Waals surface area contributed by atoms with E-state index in [2.05, 4.69) is 77.2 Å². The fourth-order valence-corrected chi connectivity index (χ4v) is 3.16. The number of ether oxygens (including phenoxy) is 1. The van der Waals surface area contributed by atoms with Crippen molar-refractivity contribution in [3.8, 4) is 5.75 Å². The summed E-state index contributed by atoms with van der Waals surface area (Å²) < 4.78 is 7.19. The molecular weight excluding hydrogens is 376 g/mol. The molecule has 2 aromatic rings. The average Bonchev–Trinajstić information content (AvgIpc) is 2.62. The zero-order valence-corrected chi connectivity index (χ0v) is 17.1. The molecule has 0 heterocycles. The first-order chi connectivity index (χ1) is 12.1. The van der Waals surface area contributed by atoms with Crippen molar-refractivity contribution in [3.05, 3.63) is 63.6 Å². The summed E-state index contributed by atoms with van der Waals surface area (Å²) in [5.74, 6) is 0.946. The number of aryl methyl sites for hydroxylation is 1. The molecule has 4 heteroatoms. The zero-order chi connectivity index (χ0) is 18.1. The van der Waals surface area contributed by atoms with Crippen molar-refractivity contribution in [2.75, 3.05) is 26.2 Å². The van der Waals surface area contributed by atoms with Crippen LogP contribution >= 0.6 is 15.9 Å². The van der Waals surface area contributed by atoms with E-state index in [0.29, 0.717) is 6.61 Å². The minimum Gasteiger partial charge on any atom is -0.489 e.